The van der Waals surface area contributed by atoms with Crippen LogP contribution in [0, 0.1) is 5.92 Å². The van der Waals surface area contributed by atoms with Gasteiger partial charge in [-0.2, -0.15) is 0 Å². The number of aliphatic imine (C=N–C) groups is 1. The third kappa shape index (κ3) is 7.11. The van der Waals surface area contributed by atoms with Crippen LogP contribution in [0.2, 0.25) is 0 Å². The molecule has 4 N–H and O–H groups in total. The number of amides is 1. The Bertz CT molecular complexity index is 524. The van der Waals surface area contributed by atoms with Gasteiger partial charge in [0.1, 0.15) is 5.76 Å². The van der Waals surface area contributed by atoms with E-state index in [-0.39, 0.29) is 29.7 Å². The maximum absolute atomic E-state index is 11.0. The number of hydrogen-bond donors (Lipinski definition) is 3. The number of primary amides is 1. The van der Waals surface area contributed by atoms with Crippen molar-refractivity contribution in [1.82, 2.24) is 10.6 Å². The van der Waals surface area contributed by atoms with Crippen LogP contribution in [0.3, 0.4) is 0 Å². The van der Waals surface area contributed by atoms with Crippen molar-refractivity contribution in [2.45, 2.75) is 51.5 Å². The van der Waals surface area contributed by atoms with E-state index in [4.69, 9.17) is 10.2 Å². The minimum absolute atomic E-state index is 0. The van der Waals surface area contributed by atoms with Crippen molar-refractivity contribution in [1.29, 1.82) is 0 Å². The van der Waals surface area contributed by atoms with E-state index in [1.807, 2.05) is 0 Å². The van der Waals surface area contributed by atoms with Crippen molar-refractivity contribution in [2.24, 2.45) is 16.6 Å². The highest BCUT2D eigenvalue weighted by Gasteiger charge is 2.13. The molecule has 0 spiro atoms. The lowest BCUT2D eigenvalue weighted by Crippen LogP contribution is -2.37. The molecule has 6 nitrogen and oxygen atoms in total. The van der Waals surface area contributed by atoms with Crippen molar-refractivity contribution in [3.8, 4) is 0 Å². The summed E-state index contributed by atoms with van der Waals surface area (Å²) in [6, 6.07) is 3.32. The molecular formula is C17H29IN4O2. The Hall–Kier alpha value is -1.25. The Kier molecular flexibility index (Phi) is 9.82. The molecule has 24 heavy (non-hydrogen) atoms. The Balaban J connectivity index is 0.00000288. The van der Waals surface area contributed by atoms with Crippen molar-refractivity contribution in [3.05, 3.63) is 23.7 Å². The van der Waals surface area contributed by atoms with E-state index >= 15 is 0 Å². The highest BCUT2D eigenvalue weighted by Crippen LogP contribution is 2.28. The van der Waals surface area contributed by atoms with Crippen molar-refractivity contribution < 1.29 is 9.21 Å². The zero-order valence-corrected chi connectivity index (χ0v) is 16.7. The van der Waals surface area contributed by atoms with Crippen LogP contribution < -0.4 is 16.4 Å². The summed E-state index contributed by atoms with van der Waals surface area (Å²) < 4.78 is 5.32. The normalized spacial score (nSPS) is 15.1. The van der Waals surface area contributed by atoms with Gasteiger partial charge in [0.25, 0.3) is 5.91 Å². The number of nitrogens with one attached hydrogen (secondary N) is 2. The molecule has 0 atom stereocenters. The fourth-order valence-corrected chi connectivity index (χ4v) is 3.06. The van der Waals surface area contributed by atoms with Gasteiger partial charge in [-0.15, -0.1) is 24.0 Å². The lowest BCUT2D eigenvalue weighted by molar-refractivity contribution is 0.0972. The number of unbranched alkanes of at least 4 members (excludes halogenated alkanes) is 1. The Morgan fingerprint density at radius 2 is 2.04 bits per heavy atom. The Labute approximate surface area is 161 Å². The fourth-order valence-electron chi connectivity index (χ4n) is 3.06. The summed E-state index contributed by atoms with van der Waals surface area (Å²) in [7, 11) is 1.74. The van der Waals surface area contributed by atoms with Crippen LogP contribution in [0.4, 0.5) is 0 Å². The number of nitrogens with two attached hydrogens (primary N) is 1. The molecule has 0 radical (unpaired) electrons. The zero-order chi connectivity index (χ0) is 16.5. The van der Waals surface area contributed by atoms with Gasteiger partial charge in [0, 0.05) is 13.6 Å². The molecule has 1 fully saturated rings. The monoisotopic (exact) mass is 448 g/mol. The summed E-state index contributed by atoms with van der Waals surface area (Å²) >= 11 is 0. The van der Waals surface area contributed by atoms with E-state index in [0.717, 1.165) is 24.8 Å². The lowest BCUT2D eigenvalue weighted by atomic mass is 10.0. The largest absolute Gasteiger partial charge is 0.454 e. The molecule has 0 aliphatic heterocycles. The van der Waals surface area contributed by atoms with Crippen LogP contribution in [0.1, 0.15) is 61.3 Å². The van der Waals surface area contributed by atoms with Gasteiger partial charge in [0.15, 0.2) is 11.7 Å². The number of nitrogens with zero attached hydrogens (tertiary/aromatic N) is 1. The molecule has 0 bridgehead atoms. The van der Waals surface area contributed by atoms with Crippen molar-refractivity contribution in [2.75, 3.05) is 13.6 Å². The second kappa shape index (κ2) is 11.3. The van der Waals surface area contributed by atoms with Crippen molar-refractivity contribution in [3.63, 3.8) is 0 Å². The fraction of sp³-hybridized carbons (Fsp3) is 0.647. The van der Waals surface area contributed by atoms with E-state index in [1.165, 1.54) is 38.5 Å². The second-order valence-electron chi connectivity index (χ2n) is 6.13. The van der Waals surface area contributed by atoms with Gasteiger partial charge in [-0.1, -0.05) is 38.5 Å². The standard InChI is InChI=1S/C17H28N4O2.HI/c1-19-17(20-11-5-4-8-13-6-2-3-7-13)21-12-14-9-10-15(23-14)16(18)22;/h9-10,13H,2-8,11-12H2,1H3,(H2,18,22)(H2,19,20,21);1H. The molecule has 1 aliphatic rings. The molecule has 1 amide bonds. The SMILES string of the molecule is CN=C(NCCCCC1CCCC1)NCc1ccc(C(N)=O)o1.I. The minimum atomic E-state index is -0.555. The van der Waals surface area contributed by atoms with Crippen LogP contribution >= 0.6 is 24.0 Å². The smallest absolute Gasteiger partial charge is 0.284 e. The summed E-state index contributed by atoms with van der Waals surface area (Å²) in [5, 5.41) is 6.46. The number of carbonyl (C=O) groups is 1. The van der Waals surface area contributed by atoms with Crippen LogP contribution in [-0.4, -0.2) is 25.5 Å². The average Bonchev–Trinajstić information content (AvgIpc) is 3.21. The molecule has 1 aromatic rings. The Morgan fingerprint density at radius 3 is 2.67 bits per heavy atom. The number of rotatable bonds is 8. The number of carbonyl (C=O) groups excluding carboxylic acids is 1. The molecule has 2 rings (SSSR count). The first-order valence-corrected chi connectivity index (χ1v) is 8.52. The lowest BCUT2D eigenvalue weighted by Gasteiger charge is -2.12. The number of furan rings is 1. The molecule has 1 aliphatic carbocycles. The summed E-state index contributed by atoms with van der Waals surface area (Å²) in [5.41, 5.74) is 5.16. The van der Waals surface area contributed by atoms with E-state index in [2.05, 4.69) is 15.6 Å². The Morgan fingerprint density at radius 1 is 1.29 bits per heavy atom. The molecular weight excluding hydrogens is 419 g/mol. The third-order valence-electron chi connectivity index (χ3n) is 4.36. The van der Waals surface area contributed by atoms with E-state index in [9.17, 15) is 4.79 Å². The van der Waals surface area contributed by atoms with Gasteiger partial charge in [0.2, 0.25) is 0 Å². The predicted octanol–water partition coefficient (Wildman–Crippen LogP) is 3.02. The molecule has 1 heterocycles. The van der Waals surface area contributed by atoms with Crippen molar-refractivity contribution >= 4 is 35.8 Å². The first-order valence-electron chi connectivity index (χ1n) is 8.52. The molecule has 136 valence electrons. The first kappa shape index (κ1) is 20.8. The molecule has 1 saturated carbocycles. The van der Waals surface area contributed by atoms with Crippen LogP contribution in [0.25, 0.3) is 0 Å². The average molecular weight is 448 g/mol. The van der Waals surface area contributed by atoms with Crippen LogP contribution in [0.5, 0.6) is 0 Å². The second-order valence-corrected chi connectivity index (χ2v) is 6.13. The van der Waals surface area contributed by atoms with Gasteiger partial charge in [0.05, 0.1) is 6.54 Å². The highest BCUT2D eigenvalue weighted by molar-refractivity contribution is 14.0. The number of guanidine groups is 1. The molecule has 1 aromatic heterocycles. The topological polar surface area (TPSA) is 92.6 Å². The first-order chi connectivity index (χ1) is 11.2. The molecule has 0 unspecified atom stereocenters. The van der Waals surface area contributed by atoms with Gasteiger partial charge < -0.3 is 20.8 Å². The quantitative estimate of drug-likeness (QED) is 0.247. The van der Waals surface area contributed by atoms with Gasteiger partial charge >= 0.3 is 0 Å². The summed E-state index contributed by atoms with van der Waals surface area (Å²) in [5.74, 6) is 1.98. The van der Waals surface area contributed by atoms with Crippen LogP contribution in [-0.2, 0) is 6.54 Å². The molecule has 0 saturated heterocycles. The highest BCUT2D eigenvalue weighted by atomic mass is 127. The third-order valence-corrected chi connectivity index (χ3v) is 4.36. The summed E-state index contributed by atoms with van der Waals surface area (Å²) in [6.45, 7) is 1.38. The molecule has 0 aromatic carbocycles. The number of hydrogen-bond acceptors (Lipinski definition) is 3. The predicted molar refractivity (Wildman–Crippen MR) is 107 cm³/mol. The number of halogens is 1. The van der Waals surface area contributed by atoms with Gasteiger partial charge in [-0.25, -0.2) is 0 Å². The minimum Gasteiger partial charge on any atom is -0.454 e. The van der Waals surface area contributed by atoms with Gasteiger partial charge in [-0.05, 0) is 24.5 Å². The van der Waals surface area contributed by atoms with E-state index < -0.39 is 5.91 Å². The summed E-state index contributed by atoms with van der Waals surface area (Å²) in [6.07, 6.45) is 9.47. The summed E-state index contributed by atoms with van der Waals surface area (Å²) in [4.78, 5) is 15.2. The van der Waals surface area contributed by atoms with Crippen LogP contribution in [0.15, 0.2) is 21.5 Å². The van der Waals surface area contributed by atoms with E-state index in [0.29, 0.717) is 12.3 Å². The molecule has 7 heteroatoms. The maximum atomic E-state index is 11.0. The zero-order valence-electron chi connectivity index (χ0n) is 14.3. The van der Waals surface area contributed by atoms with E-state index in [1.54, 1.807) is 19.2 Å². The maximum Gasteiger partial charge on any atom is 0.284 e. The van der Waals surface area contributed by atoms with Gasteiger partial charge in [-0.3, -0.25) is 9.79 Å².